The van der Waals surface area contributed by atoms with E-state index in [2.05, 4.69) is 5.32 Å². The molecule has 0 aliphatic carbocycles. The number of aliphatic hydroxyl groups is 1. The Morgan fingerprint density at radius 2 is 2.13 bits per heavy atom. The number of hydrogen-bond acceptors (Lipinski definition) is 3. The Morgan fingerprint density at radius 1 is 1.43 bits per heavy atom. The minimum Gasteiger partial charge on any atom is -0.389 e. The van der Waals surface area contributed by atoms with E-state index in [9.17, 15) is 18.7 Å². The summed E-state index contributed by atoms with van der Waals surface area (Å²) < 4.78 is 32.0. The Balaban J connectivity index is 2.04. The second-order valence-electron chi connectivity index (χ2n) is 6.48. The van der Waals surface area contributed by atoms with Gasteiger partial charge in [0.1, 0.15) is 6.10 Å². The molecule has 0 spiro atoms. The van der Waals surface area contributed by atoms with Gasteiger partial charge in [-0.25, -0.2) is 13.6 Å². The van der Waals surface area contributed by atoms with E-state index in [0.29, 0.717) is 18.6 Å². The fraction of sp³-hybridized carbons (Fsp3) is 0.562. The van der Waals surface area contributed by atoms with Gasteiger partial charge in [0.25, 0.3) is 0 Å². The van der Waals surface area contributed by atoms with Crippen molar-refractivity contribution in [1.29, 1.82) is 0 Å². The van der Waals surface area contributed by atoms with E-state index < -0.39 is 23.3 Å². The molecule has 128 valence electrons. The summed E-state index contributed by atoms with van der Waals surface area (Å²) in [7, 11) is 1.58. The van der Waals surface area contributed by atoms with E-state index in [4.69, 9.17) is 4.74 Å². The molecule has 0 bridgehead atoms. The smallest absolute Gasteiger partial charge is 0.317 e. The van der Waals surface area contributed by atoms with Crippen LogP contribution in [0.4, 0.5) is 13.6 Å². The zero-order chi connectivity index (χ0) is 17.2. The molecule has 1 aliphatic rings. The van der Waals surface area contributed by atoms with Crippen molar-refractivity contribution in [2.75, 3.05) is 20.2 Å². The van der Waals surface area contributed by atoms with Gasteiger partial charge in [-0.2, -0.15) is 0 Å². The highest BCUT2D eigenvalue weighted by molar-refractivity contribution is 5.74. The fourth-order valence-corrected chi connectivity index (χ4v) is 2.68. The Kier molecular flexibility index (Phi) is 5.21. The third-order valence-electron chi connectivity index (χ3n) is 3.64. The van der Waals surface area contributed by atoms with Crippen LogP contribution in [0.15, 0.2) is 18.2 Å². The molecule has 5 nitrogen and oxygen atoms in total. The lowest BCUT2D eigenvalue weighted by atomic mass is 10.0. The first-order valence-electron chi connectivity index (χ1n) is 7.48. The number of urea groups is 1. The van der Waals surface area contributed by atoms with Gasteiger partial charge in [0.05, 0.1) is 18.2 Å². The van der Waals surface area contributed by atoms with Crippen molar-refractivity contribution in [2.45, 2.75) is 38.0 Å². The van der Waals surface area contributed by atoms with E-state index in [1.54, 1.807) is 20.9 Å². The molecule has 2 atom stereocenters. The van der Waals surface area contributed by atoms with Crippen LogP contribution < -0.4 is 5.32 Å². The highest BCUT2D eigenvalue weighted by atomic mass is 19.2. The Labute approximate surface area is 134 Å². The molecule has 2 amide bonds. The van der Waals surface area contributed by atoms with Crippen LogP contribution in [-0.2, 0) is 4.74 Å². The average molecular weight is 328 g/mol. The number of likely N-dealkylation sites (N-methyl/N-ethyl adjacent to an activating group) is 1. The van der Waals surface area contributed by atoms with E-state index in [-0.39, 0.29) is 18.6 Å². The van der Waals surface area contributed by atoms with Crippen molar-refractivity contribution in [3.05, 3.63) is 35.4 Å². The molecule has 2 N–H and O–H groups in total. The lowest BCUT2D eigenvalue weighted by Crippen LogP contribution is -2.48. The van der Waals surface area contributed by atoms with Crippen LogP contribution in [0.2, 0.25) is 0 Å². The number of rotatable bonds is 4. The lowest BCUT2D eigenvalue weighted by Gasteiger charge is -2.28. The maximum atomic E-state index is 13.4. The standard InChI is InChI=1S/C16H22F2N2O3/c1-16(2,22)9-20(3)15(21)19-13-6-7-23-14(13)10-4-5-11(17)12(18)8-10/h4-5,8,13-14,22H,6-7,9H2,1-3H3,(H,19,21). The van der Waals surface area contributed by atoms with Gasteiger partial charge >= 0.3 is 6.03 Å². The van der Waals surface area contributed by atoms with Crippen LogP contribution in [0.25, 0.3) is 0 Å². The van der Waals surface area contributed by atoms with Crippen LogP contribution in [0.5, 0.6) is 0 Å². The summed E-state index contributed by atoms with van der Waals surface area (Å²) in [5, 5.41) is 12.6. The van der Waals surface area contributed by atoms with Gasteiger partial charge in [0.2, 0.25) is 0 Å². The molecule has 1 fully saturated rings. The first-order valence-corrected chi connectivity index (χ1v) is 7.48. The number of nitrogens with zero attached hydrogens (tertiary/aromatic N) is 1. The van der Waals surface area contributed by atoms with Gasteiger partial charge in [-0.1, -0.05) is 6.07 Å². The fourth-order valence-electron chi connectivity index (χ4n) is 2.68. The molecular formula is C16H22F2N2O3. The van der Waals surface area contributed by atoms with E-state index in [0.717, 1.165) is 12.1 Å². The summed E-state index contributed by atoms with van der Waals surface area (Å²) >= 11 is 0. The van der Waals surface area contributed by atoms with Crippen LogP contribution in [0.3, 0.4) is 0 Å². The van der Waals surface area contributed by atoms with Gasteiger partial charge in [0, 0.05) is 13.7 Å². The minimum absolute atomic E-state index is 0.169. The quantitative estimate of drug-likeness (QED) is 0.891. The summed E-state index contributed by atoms with van der Waals surface area (Å²) in [5.41, 5.74) is -0.519. The number of halogens is 2. The summed E-state index contributed by atoms with van der Waals surface area (Å²) in [4.78, 5) is 13.6. The molecule has 0 radical (unpaired) electrons. The Morgan fingerprint density at radius 3 is 2.74 bits per heavy atom. The topological polar surface area (TPSA) is 61.8 Å². The van der Waals surface area contributed by atoms with E-state index in [1.165, 1.54) is 11.0 Å². The van der Waals surface area contributed by atoms with Gasteiger partial charge in [-0.15, -0.1) is 0 Å². The van der Waals surface area contributed by atoms with Gasteiger partial charge < -0.3 is 20.1 Å². The first kappa shape index (κ1) is 17.6. The predicted molar refractivity (Wildman–Crippen MR) is 80.9 cm³/mol. The predicted octanol–water partition coefficient (Wildman–Crippen LogP) is 2.21. The number of benzene rings is 1. The summed E-state index contributed by atoms with van der Waals surface area (Å²) in [6, 6.07) is 2.90. The molecule has 1 aliphatic heterocycles. The molecular weight excluding hydrogens is 306 g/mol. The highest BCUT2D eigenvalue weighted by Gasteiger charge is 2.32. The SMILES string of the molecule is CN(CC(C)(C)O)C(=O)NC1CCOC1c1ccc(F)c(F)c1. The third kappa shape index (κ3) is 4.62. The molecule has 1 aromatic carbocycles. The van der Waals surface area contributed by atoms with Crippen molar-refractivity contribution in [3.8, 4) is 0 Å². The minimum atomic E-state index is -1.00. The molecule has 0 saturated carbocycles. The van der Waals surface area contributed by atoms with Crippen molar-refractivity contribution >= 4 is 6.03 Å². The summed E-state index contributed by atoms with van der Waals surface area (Å²) in [6.45, 7) is 3.81. The lowest BCUT2D eigenvalue weighted by molar-refractivity contribution is 0.0516. The first-order chi connectivity index (χ1) is 10.7. The van der Waals surface area contributed by atoms with Gasteiger partial charge in [0.15, 0.2) is 11.6 Å². The Hall–Kier alpha value is -1.73. The van der Waals surface area contributed by atoms with Crippen molar-refractivity contribution in [1.82, 2.24) is 10.2 Å². The number of hydrogen-bond donors (Lipinski definition) is 2. The van der Waals surface area contributed by atoms with E-state index in [1.807, 2.05) is 0 Å². The Bertz CT molecular complexity index is 575. The number of amides is 2. The molecule has 1 saturated heterocycles. The van der Waals surface area contributed by atoms with Crippen molar-refractivity contribution in [2.24, 2.45) is 0 Å². The monoisotopic (exact) mass is 328 g/mol. The van der Waals surface area contributed by atoms with E-state index >= 15 is 0 Å². The number of carbonyl (C=O) groups excluding carboxylic acids is 1. The van der Waals surface area contributed by atoms with Crippen LogP contribution in [0.1, 0.15) is 31.9 Å². The largest absolute Gasteiger partial charge is 0.389 e. The molecule has 2 rings (SSSR count). The molecule has 1 heterocycles. The highest BCUT2D eigenvalue weighted by Crippen LogP contribution is 2.30. The summed E-state index contributed by atoms with van der Waals surface area (Å²) in [6.07, 6.45) is 0.0516. The van der Waals surface area contributed by atoms with Crippen molar-refractivity contribution in [3.63, 3.8) is 0 Å². The number of nitrogens with one attached hydrogen (secondary N) is 1. The summed E-state index contributed by atoms with van der Waals surface area (Å²) in [5.74, 6) is -1.86. The third-order valence-corrected chi connectivity index (χ3v) is 3.64. The van der Waals surface area contributed by atoms with Gasteiger partial charge in [-0.05, 0) is 38.0 Å². The molecule has 1 aromatic rings. The van der Waals surface area contributed by atoms with Crippen molar-refractivity contribution < 1.29 is 23.4 Å². The molecule has 0 aromatic heterocycles. The molecule has 23 heavy (non-hydrogen) atoms. The van der Waals surface area contributed by atoms with Crippen LogP contribution in [-0.4, -0.2) is 47.9 Å². The maximum absolute atomic E-state index is 13.4. The number of carbonyl (C=O) groups is 1. The van der Waals surface area contributed by atoms with Gasteiger partial charge in [-0.3, -0.25) is 0 Å². The number of ether oxygens (including phenoxy) is 1. The molecule has 7 heteroatoms. The average Bonchev–Trinajstić information content (AvgIpc) is 2.88. The van der Waals surface area contributed by atoms with Crippen LogP contribution >= 0.6 is 0 Å². The maximum Gasteiger partial charge on any atom is 0.317 e. The zero-order valence-corrected chi connectivity index (χ0v) is 13.5. The van der Waals surface area contributed by atoms with Crippen LogP contribution in [0, 0.1) is 11.6 Å². The second-order valence-corrected chi connectivity index (χ2v) is 6.48. The zero-order valence-electron chi connectivity index (χ0n) is 13.5. The molecule has 2 unspecified atom stereocenters. The normalized spacial score (nSPS) is 21.3. The second kappa shape index (κ2) is 6.80.